The lowest BCUT2D eigenvalue weighted by molar-refractivity contribution is -0.141. The van der Waals surface area contributed by atoms with E-state index in [1.54, 1.807) is 0 Å². The van der Waals surface area contributed by atoms with Gasteiger partial charge in [-0.2, -0.15) is 0 Å². The van der Waals surface area contributed by atoms with Crippen LogP contribution in [-0.4, -0.2) is 35.1 Å². The van der Waals surface area contributed by atoms with E-state index >= 15 is 0 Å². The van der Waals surface area contributed by atoms with Crippen LogP contribution in [0.25, 0.3) is 0 Å². The van der Waals surface area contributed by atoms with Crippen molar-refractivity contribution in [3.05, 3.63) is 0 Å². The molecular weight excluding hydrogens is 178 g/mol. The van der Waals surface area contributed by atoms with Gasteiger partial charge in [-0.15, -0.1) is 0 Å². The molecule has 2 atom stereocenters. The Morgan fingerprint density at radius 1 is 1.36 bits per heavy atom. The molecule has 80 valence electrons. The molecule has 0 aromatic rings. The van der Waals surface area contributed by atoms with Gasteiger partial charge in [0.05, 0.1) is 5.92 Å². The van der Waals surface area contributed by atoms with Gasteiger partial charge in [-0.3, -0.25) is 9.69 Å². The summed E-state index contributed by atoms with van der Waals surface area (Å²) in [7, 11) is 0. The van der Waals surface area contributed by atoms with Crippen molar-refractivity contribution in [2.45, 2.75) is 39.2 Å². The standard InChI is InChI=1S/C11H19NO2/c1-11(2)6-12(7-11)9-4-3-8(5-9)10(13)14/h8-9H,3-7H2,1-2H3,(H,13,14)/t8-,9+/m1/s1. The number of carboxylic acids is 1. The van der Waals surface area contributed by atoms with Gasteiger partial charge >= 0.3 is 5.97 Å². The van der Waals surface area contributed by atoms with E-state index in [9.17, 15) is 4.79 Å². The van der Waals surface area contributed by atoms with Crippen molar-refractivity contribution >= 4 is 5.97 Å². The highest BCUT2D eigenvalue weighted by atomic mass is 16.4. The minimum absolute atomic E-state index is 0.0799. The largest absolute Gasteiger partial charge is 0.481 e. The van der Waals surface area contributed by atoms with Crippen molar-refractivity contribution in [3.63, 3.8) is 0 Å². The smallest absolute Gasteiger partial charge is 0.306 e. The van der Waals surface area contributed by atoms with Crippen LogP contribution in [0.4, 0.5) is 0 Å². The summed E-state index contributed by atoms with van der Waals surface area (Å²) in [5.41, 5.74) is 0.460. The van der Waals surface area contributed by atoms with Crippen molar-refractivity contribution in [2.75, 3.05) is 13.1 Å². The van der Waals surface area contributed by atoms with Gasteiger partial charge in [-0.1, -0.05) is 13.8 Å². The summed E-state index contributed by atoms with van der Waals surface area (Å²) >= 11 is 0. The van der Waals surface area contributed by atoms with Gasteiger partial charge in [0.2, 0.25) is 0 Å². The Hall–Kier alpha value is -0.570. The number of hydrogen-bond donors (Lipinski definition) is 1. The van der Waals surface area contributed by atoms with Gasteiger partial charge in [-0.25, -0.2) is 0 Å². The molecule has 2 fully saturated rings. The van der Waals surface area contributed by atoms with Gasteiger partial charge in [0, 0.05) is 19.1 Å². The fourth-order valence-corrected chi connectivity index (χ4v) is 2.83. The zero-order valence-corrected chi connectivity index (χ0v) is 8.99. The summed E-state index contributed by atoms with van der Waals surface area (Å²) in [4.78, 5) is 13.2. The molecule has 0 radical (unpaired) electrons. The molecule has 0 unspecified atom stereocenters. The lowest BCUT2D eigenvalue weighted by atomic mass is 9.83. The Labute approximate surface area is 85.1 Å². The lowest BCUT2D eigenvalue weighted by Crippen LogP contribution is -2.56. The van der Waals surface area contributed by atoms with Gasteiger partial charge in [0.15, 0.2) is 0 Å². The third-order valence-corrected chi connectivity index (χ3v) is 3.53. The molecule has 1 heterocycles. The molecule has 1 aliphatic carbocycles. The van der Waals surface area contributed by atoms with Crippen molar-refractivity contribution < 1.29 is 9.90 Å². The molecule has 1 saturated carbocycles. The average Bonchev–Trinajstić information content (AvgIpc) is 2.47. The lowest BCUT2D eigenvalue weighted by Gasteiger charge is -2.49. The molecule has 1 aliphatic heterocycles. The van der Waals surface area contributed by atoms with Crippen LogP contribution in [0.1, 0.15) is 33.1 Å². The summed E-state index contributed by atoms with van der Waals surface area (Å²) in [6.45, 7) is 6.83. The van der Waals surface area contributed by atoms with E-state index in [4.69, 9.17) is 5.11 Å². The topological polar surface area (TPSA) is 40.5 Å². The van der Waals surface area contributed by atoms with Crippen LogP contribution < -0.4 is 0 Å². The summed E-state index contributed by atoms with van der Waals surface area (Å²) in [5.74, 6) is -0.684. The van der Waals surface area contributed by atoms with E-state index in [1.807, 2.05) is 0 Å². The molecule has 3 nitrogen and oxygen atoms in total. The highest BCUT2D eigenvalue weighted by molar-refractivity contribution is 5.70. The molecule has 0 amide bonds. The minimum Gasteiger partial charge on any atom is -0.481 e. The Morgan fingerprint density at radius 3 is 2.43 bits per heavy atom. The average molecular weight is 197 g/mol. The first-order valence-electron chi connectivity index (χ1n) is 5.45. The quantitative estimate of drug-likeness (QED) is 0.730. The Bertz CT molecular complexity index is 242. The number of likely N-dealkylation sites (tertiary alicyclic amines) is 1. The summed E-state index contributed by atoms with van der Waals surface area (Å²) in [5, 5.41) is 8.89. The number of hydrogen-bond acceptors (Lipinski definition) is 2. The highest BCUT2D eigenvalue weighted by Gasteiger charge is 2.41. The van der Waals surface area contributed by atoms with E-state index in [0.717, 1.165) is 32.4 Å². The number of carboxylic acid groups (broad SMARTS) is 1. The van der Waals surface area contributed by atoms with Crippen LogP contribution >= 0.6 is 0 Å². The molecule has 3 heteroatoms. The molecule has 1 N–H and O–H groups in total. The number of rotatable bonds is 2. The fraction of sp³-hybridized carbons (Fsp3) is 0.909. The van der Waals surface area contributed by atoms with Gasteiger partial charge in [0.1, 0.15) is 0 Å². The van der Waals surface area contributed by atoms with E-state index in [0.29, 0.717) is 11.5 Å². The minimum atomic E-state index is -0.604. The molecule has 0 aromatic heterocycles. The maximum Gasteiger partial charge on any atom is 0.306 e. The number of nitrogens with zero attached hydrogens (tertiary/aromatic N) is 1. The third kappa shape index (κ3) is 1.78. The van der Waals surface area contributed by atoms with E-state index < -0.39 is 5.97 Å². The summed E-state index contributed by atoms with van der Waals surface area (Å²) in [6, 6.07) is 0.545. The monoisotopic (exact) mass is 197 g/mol. The molecular formula is C11H19NO2. The SMILES string of the molecule is CC1(C)CN([C@H]2CC[C@@H](C(=O)O)C2)C1. The Kier molecular flexibility index (Phi) is 2.30. The van der Waals surface area contributed by atoms with E-state index in [1.165, 1.54) is 0 Å². The molecule has 1 saturated heterocycles. The van der Waals surface area contributed by atoms with Crippen LogP contribution in [0.2, 0.25) is 0 Å². The molecule has 0 aromatic carbocycles. The molecule has 0 spiro atoms. The van der Waals surface area contributed by atoms with Crippen molar-refractivity contribution in [2.24, 2.45) is 11.3 Å². The number of carbonyl (C=O) groups is 1. The first-order valence-corrected chi connectivity index (χ1v) is 5.45. The normalized spacial score (nSPS) is 36.7. The van der Waals surface area contributed by atoms with Gasteiger partial charge < -0.3 is 5.11 Å². The molecule has 2 aliphatic rings. The predicted molar refractivity (Wildman–Crippen MR) is 54.1 cm³/mol. The summed E-state index contributed by atoms with van der Waals surface area (Å²) < 4.78 is 0. The third-order valence-electron chi connectivity index (χ3n) is 3.53. The van der Waals surface area contributed by atoms with Gasteiger partial charge in [-0.05, 0) is 24.7 Å². The van der Waals surface area contributed by atoms with Crippen molar-refractivity contribution in [3.8, 4) is 0 Å². The first-order chi connectivity index (χ1) is 6.48. The van der Waals surface area contributed by atoms with Crippen molar-refractivity contribution in [1.82, 2.24) is 4.90 Å². The maximum absolute atomic E-state index is 10.8. The van der Waals surface area contributed by atoms with Crippen LogP contribution in [0.3, 0.4) is 0 Å². The Balaban J connectivity index is 1.83. The summed E-state index contributed by atoms with van der Waals surface area (Å²) in [6.07, 6.45) is 2.81. The van der Waals surface area contributed by atoms with Crippen LogP contribution in [0, 0.1) is 11.3 Å². The predicted octanol–water partition coefficient (Wildman–Crippen LogP) is 1.58. The Morgan fingerprint density at radius 2 is 2.00 bits per heavy atom. The van der Waals surface area contributed by atoms with E-state index in [-0.39, 0.29) is 5.92 Å². The maximum atomic E-state index is 10.8. The molecule has 14 heavy (non-hydrogen) atoms. The number of aliphatic carboxylic acids is 1. The van der Waals surface area contributed by atoms with E-state index in [2.05, 4.69) is 18.7 Å². The fourth-order valence-electron chi connectivity index (χ4n) is 2.83. The highest BCUT2D eigenvalue weighted by Crippen LogP contribution is 2.37. The van der Waals surface area contributed by atoms with Crippen LogP contribution in [-0.2, 0) is 4.79 Å². The second-order valence-electron chi connectivity index (χ2n) is 5.57. The zero-order chi connectivity index (χ0) is 10.3. The molecule has 2 rings (SSSR count). The first kappa shape index (κ1) is 9.97. The van der Waals surface area contributed by atoms with Crippen LogP contribution in [0.5, 0.6) is 0 Å². The zero-order valence-electron chi connectivity index (χ0n) is 8.99. The second kappa shape index (κ2) is 3.23. The van der Waals surface area contributed by atoms with Crippen LogP contribution in [0.15, 0.2) is 0 Å². The van der Waals surface area contributed by atoms with Gasteiger partial charge in [0.25, 0.3) is 0 Å². The molecule has 0 bridgehead atoms. The second-order valence-corrected chi connectivity index (χ2v) is 5.57. The van der Waals surface area contributed by atoms with Crippen molar-refractivity contribution in [1.29, 1.82) is 0 Å².